The van der Waals surface area contributed by atoms with Crippen molar-refractivity contribution in [3.63, 3.8) is 0 Å². The van der Waals surface area contributed by atoms with E-state index in [9.17, 15) is 9.59 Å². The minimum Gasteiger partial charge on any atom is -0.379 e. The van der Waals surface area contributed by atoms with Crippen LogP contribution < -0.4 is 16.3 Å². The van der Waals surface area contributed by atoms with Gasteiger partial charge in [0, 0.05) is 23.0 Å². The maximum absolute atomic E-state index is 12.3. The van der Waals surface area contributed by atoms with E-state index in [2.05, 4.69) is 15.1 Å². The maximum Gasteiger partial charge on any atom is 0.292 e. The molecule has 2 aromatic carbocycles. The summed E-state index contributed by atoms with van der Waals surface area (Å²) in [5.74, 6) is 0.414. The fourth-order valence-corrected chi connectivity index (χ4v) is 3.18. The van der Waals surface area contributed by atoms with E-state index in [0.29, 0.717) is 11.4 Å². The molecule has 0 fully saturated rings. The van der Waals surface area contributed by atoms with Gasteiger partial charge in [-0.2, -0.15) is 5.16 Å². The molecule has 0 aliphatic rings. The highest BCUT2D eigenvalue weighted by Crippen LogP contribution is 2.22. The Morgan fingerprint density at radius 1 is 1.17 bits per heavy atom. The Morgan fingerprint density at radius 2 is 2.00 bits per heavy atom. The first-order valence-electron chi connectivity index (χ1n) is 7.32. The summed E-state index contributed by atoms with van der Waals surface area (Å²) in [6, 6.07) is 9.13. The van der Waals surface area contributed by atoms with Crippen molar-refractivity contribution < 1.29 is 4.52 Å². The lowest BCUT2D eigenvalue weighted by Gasteiger charge is -1.97. The fourth-order valence-electron chi connectivity index (χ4n) is 3.18. The van der Waals surface area contributed by atoms with Crippen LogP contribution in [-0.4, -0.2) is 19.5 Å². The molecule has 2 N–H and O–H groups in total. The largest absolute Gasteiger partial charge is 0.379 e. The van der Waals surface area contributed by atoms with Gasteiger partial charge in [0.05, 0.1) is 17.1 Å². The molecule has 0 aliphatic heterocycles. The second-order valence-corrected chi connectivity index (χ2v) is 5.52. The van der Waals surface area contributed by atoms with Gasteiger partial charge >= 0.3 is 0 Å². The summed E-state index contributed by atoms with van der Waals surface area (Å²) in [6.07, 6.45) is 5.11. The van der Waals surface area contributed by atoms with Crippen LogP contribution >= 0.6 is 0 Å². The van der Waals surface area contributed by atoms with Crippen molar-refractivity contribution in [2.75, 3.05) is 0 Å². The lowest BCUT2D eigenvalue weighted by atomic mass is 10.2. The van der Waals surface area contributed by atoms with Crippen molar-refractivity contribution in [2.45, 2.75) is 0 Å². The highest BCUT2D eigenvalue weighted by molar-refractivity contribution is 6.09. The van der Waals surface area contributed by atoms with E-state index in [1.165, 1.54) is 6.07 Å². The van der Waals surface area contributed by atoms with Crippen LogP contribution in [0.4, 0.5) is 0 Å². The van der Waals surface area contributed by atoms with Crippen LogP contribution in [0.1, 0.15) is 5.76 Å². The van der Waals surface area contributed by atoms with Crippen LogP contribution in [0.2, 0.25) is 0 Å². The van der Waals surface area contributed by atoms with Gasteiger partial charge in [-0.25, -0.2) is 4.98 Å². The van der Waals surface area contributed by atoms with Crippen LogP contribution in [0.25, 0.3) is 33.5 Å². The molecule has 0 amide bonds. The number of fused-ring (bicyclic) bond motifs is 5. The Hall–Kier alpha value is -3.61. The van der Waals surface area contributed by atoms with E-state index in [-0.39, 0.29) is 11.1 Å². The Morgan fingerprint density at radius 3 is 2.79 bits per heavy atom. The predicted molar refractivity (Wildman–Crippen MR) is 88.9 cm³/mol. The SMILES string of the molecule is O=c1cc(C=c2c3ccccc3c3[nH]c(=O)c4nccn4c23)o[nH]1. The van der Waals surface area contributed by atoms with Crippen molar-refractivity contribution in [1.29, 1.82) is 0 Å². The number of nitrogens with zero attached hydrogens (tertiary/aromatic N) is 2. The average molecular weight is 318 g/mol. The number of hydrogen-bond acceptors (Lipinski definition) is 4. The fraction of sp³-hybridized carbons (Fsp3) is 0. The van der Waals surface area contributed by atoms with Gasteiger partial charge in [0.25, 0.3) is 11.1 Å². The molecule has 3 heterocycles. The zero-order chi connectivity index (χ0) is 16.3. The molecule has 0 unspecified atom stereocenters. The van der Waals surface area contributed by atoms with Crippen LogP contribution in [0.15, 0.2) is 56.8 Å². The van der Waals surface area contributed by atoms with E-state index in [1.807, 2.05) is 24.3 Å². The number of benzene rings is 1. The van der Waals surface area contributed by atoms with Crippen LogP contribution in [-0.2, 0) is 0 Å². The Bertz CT molecular complexity index is 1400. The van der Waals surface area contributed by atoms with Gasteiger partial charge in [-0.3, -0.25) is 14.0 Å². The molecule has 0 saturated heterocycles. The van der Waals surface area contributed by atoms with E-state index >= 15 is 0 Å². The van der Waals surface area contributed by atoms with Crippen molar-refractivity contribution >= 4 is 33.5 Å². The van der Waals surface area contributed by atoms with Gasteiger partial charge in [0.1, 0.15) is 0 Å². The minimum absolute atomic E-state index is 0.247. The average Bonchev–Trinajstić information content (AvgIpc) is 3.28. The van der Waals surface area contributed by atoms with Crippen molar-refractivity contribution in [1.82, 2.24) is 19.5 Å². The molecular formula is C17H10N4O3. The highest BCUT2D eigenvalue weighted by atomic mass is 16.5. The monoisotopic (exact) mass is 318 g/mol. The Kier molecular flexibility index (Phi) is 2.39. The lowest BCUT2D eigenvalue weighted by Crippen LogP contribution is -2.13. The third-order valence-corrected chi connectivity index (χ3v) is 4.13. The van der Waals surface area contributed by atoms with Crippen LogP contribution in [0.5, 0.6) is 0 Å². The standard InChI is InChI=1S/C17H10N4O3/c22-13-8-9(24-20-13)7-12-10-3-1-2-4-11(10)14-15(12)21-6-5-18-16(21)17(23)19-14/h1-8H,(H,19,23)(H,20,22). The quantitative estimate of drug-likeness (QED) is 0.485. The number of rotatable bonds is 1. The highest BCUT2D eigenvalue weighted by Gasteiger charge is 2.14. The van der Waals surface area contributed by atoms with Gasteiger partial charge in [0.2, 0.25) is 5.65 Å². The number of aromatic amines is 2. The molecule has 5 aromatic rings. The summed E-state index contributed by atoms with van der Waals surface area (Å²) in [7, 11) is 0. The summed E-state index contributed by atoms with van der Waals surface area (Å²) < 4.78 is 6.92. The first kappa shape index (κ1) is 12.9. The zero-order valence-corrected chi connectivity index (χ0v) is 12.2. The molecule has 7 nitrogen and oxygen atoms in total. The molecule has 0 saturated carbocycles. The molecule has 5 rings (SSSR count). The van der Waals surface area contributed by atoms with Crippen molar-refractivity contribution in [3.8, 4) is 0 Å². The summed E-state index contributed by atoms with van der Waals surface area (Å²) >= 11 is 0. The van der Waals surface area contributed by atoms with Crippen LogP contribution in [0, 0.1) is 0 Å². The summed E-state index contributed by atoms with van der Waals surface area (Å²) in [4.78, 5) is 30.6. The van der Waals surface area contributed by atoms with E-state index in [4.69, 9.17) is 4.52 Å². The second-order valence-electron chi connectivity index (χ2n) is 5.52. The molecule has 0 aliphatic carbocycles. The third kappa shape index (κ3) is 1.63. The topological polar surface area (TPSA) is 96.2 Å². The molecule has 3 aromatic heterocycles. The van der Waals surface area contributed by atoms with E-state index < -0.39 is 0 Å². The smallest absolute Gasteiger partial charge is 0.292 e. The Labute approximate surface area is 132 Å². The molecular weight excluding hydrogens is 308 g/mol. The summed E-state index contributed by atoms with van der Waals surface area (Å²) in [5.41, 5.74) is 1.31. The number of imidazole rings is 1. The number of hydrogen-bond donors (Lipinski definition) is 2. The number of nitrogens with one attached hydrogen (secondary N) is 2. The number of aromatic nitrogens is 4. The summed E-state index contributed by atoms with van der Waals surface area (Å²) in [6.45, 7) is 0. The molecule has 0 spiro atoms. The molecule has 0 atom stereocenters. The van der Waals surface area contributed by atoms with Crippen molar-refractivity contribution in [2.24, 2.45) is 0 Å². The molecule has 0 bridgehead atoms. The van der Waals surface area contributed by atoms with Gasteiger partial charge in [-0.15, -0.1) is 0 Å². The van der Waals surface area contributed by atoms with Crippen molar-refractivity contribution in [3.05, 3.63) is 74.4 Å². The van der Waals surface area contributed by atoms with Gasteiger partial charge in [-0.1, -0.05) is 24.3 Å². The number of H-pyrrole nitrogens is 2. The predicted octanol–water partition coefficient (Wildman–Crippen LogP) is 1.16. The molecule has 0 radical (unpaired) electrons. The zero-order valence-electron chi connectivity index (χ0n) is 12.2. The summed E-state index contributed by atoms with van der Waals surface area (Å²) in [5, 5.41) is 5.00. The van der Waals surface area contributed by atoms with Gasteiger partial charge in [0.15, 0.2) is 5.76 Å². The normalized spacial score (nSPS) is 12.8. The van der Waals surface area contributed by atoms with E-state index in [1.54, 1.807) is 22.9 Å². The second kappa shape index (κ2) is 4.45. The maximum atomic E-state index is 12.3. The Balaban J connectivity index is 2.11. The van der Waals surface area contributed by atoms with Crippen LogP contribution in [0.3, 0.4) is 0 Å². The molecule has 116 valence electrons. The third-order valence-electron chi connectivity index (χ3n) is 4.13. The molecule has 24 heavy (non-hydrogen) atoms. The minimum atomic E-state index is -0.303. The van der Waals surface area contributed by atoms with Gasteiger partial charge < -0.3 is 9.51 Å². The first-order chi connectivity index (χ1) is 11.7. The first-order valence-corrected chi connectivity index (χ1v) is 7.32. The van der Waals surface area contributed by atoms with E-state index in [0.717, 1.165) is 27.0 Å². The lowest BCUT2D eigenvalue weighted by molar-refractivity contribution is 0.407. The van der Waals surface area contributed by atoms with Gasteiger partial charge in [-0.05, 0) is 11.5 Å². The molecule has 7 heteroatoms.